The molecule has 3 rings (SSSR count). The summed E-state index contributed by atoms with van der Waals surface area (Å²) < 4.78 is 35.2. The number of thiazole rings is 1. The molecule has 1 aromatic heterocycles. The summed E-state index contributed by atoms with van der Waals surface area (Å²) >= 11 is 1.06. The number of benzene rings is 2. The van der Waals surface area contributed by atoms with E-state index in [2.05, 4.69) is 4.72 Å². The van der Waals surface area contributed by atoms with E-state index < -0.39 is 10.0 Å². The first-order valence-corrected chi connectivity index (χ1v) is 10.9. The number of rotatable bonds is 7. The van der Waals surface area contributed by atoms with Gasteiger partial charge in [-0.2, -0.15) is 0 Å². The number of hydrogen-bond donors (Lipinski definition) is 1. The summed E-state index contributed by atoms with van der Waals surface area (Å²) in [5.41, 5.74) is 1.78. The first-order valence-electron chi connectivity index (χ1n) is 8.59. The minimum atomic E-state index is -3.64. The topological polar surface area (TPSA) is 77.4 Å². The minimum absolute atomic E-state index is 0.0244. The van der Waals surface area contributed by atoms with Crippen LogP contribution in [0.5, 0.6) is 5.75 Å². The quantitative estimate of drug-likeness (QED) is 0.654. The smallest absolute Gasteiger partial charge is 0.308 e. The van der Waals surface area contributed by atoms with Gasteiger partial charge < -0.3 is 4.74 Å². The Morgan fingerprint density at radius 1 is 1.15 bits per heavy atom. The first-order chi connectivity index (χ1) is 12.8. The lowest BCUT2D eigenvalue weighted by atomic mass is 10.1. The number of ether oxygens (including phenoxy) is 1. The molecule has 0 aliphatic carbocycles. The van der Waals surface area contributed by atoms with Crippen LogP contribution in [0.1, 0.15) is 25.5 Å². The predicted octanol–water partition coefficient (Wildman–Crippen LogP) is 3.17. The maximum absolute atomic E-state index is 12.6. The van der Waals surface area contributed by atoms with Gasteiger partial charge in [0.2, 0.25) is 10.0 Å². The second kappa shape index (κ2) is 7.84. The second-order valence-corrected chi connectivity index (χ2v) is 9.22. The van der Waals surface area contributed by atoms with Gasteiger partial charge in [0.25, 0.3) is 0 Å². The summed E-state index contributed by atoms with van der Waals surface area (Å²) in [4.78, 5) is 12.2. The molecule has 0 unspecified atom stereocenters. The minimum Gasteiger partial charge on any atom is -0.497 e. The van der Waals surface area contributed by atoms with Crippen LogP contribution in [0.25, 0.3) is 10.2 Å². The lowest BCUT2D eigenvalue weighted by molar-refractivity contribution is 0.414. The second-order valence-electron chi connectivity index (χ2n) is 6.46. The molecule has 2 aromatic carbocycles. The van der Waals surface area contributed by atoms with Crippen molar-refractivity contribution in [1.82, 2.24) is 9.29 Å². The van der Waals surface area contributed by atoms with Crippen LogP contribution in [-0.4, -0.2) is 26.6 Å². The molecule has 0 saturated heterocycles. The Balaban J connectivity index is 1.75. The third-order valence-electron chi connectivity index (χ3n) is 4.28. The summed E-state index contributed by atoms with van der Waals surface area (Å²) in [6, 6.07) is 12.3. The Morgan fingerprint density at radius 3 is 2.48 bits per heavy atom. The fourth-order valence-corrected chi connectivity index (χ4v) is 5.06. The Kier molecular flexibility index (Phi) is 5.69. The van der Waals surface area contributed by atoms with Crippen molar-refractivity contribution in [2.24, 2.45) is 0 Å². The molecule has 0 radical (unpaired) electrons. The molecule has 0 amide bonds. The Morgan fingerprint density at radius 2 is 1.85 bits per heavy atom. The zero-order valence-corrected chi connectivity index (χ0v) is 17.1. The highest BCUT2D eigenvalue weighted by atomic mass is 32.2. The molecule has 0 spiro atoms. The number of sulfonamides is 1. The van der Waals surface area contributed by atoms with E-state index in [1.54, 1.807) is 29.9 Å². The van der Waals surface area contributed by atoms with Gasteiger partial charge in [-0.3, -0.25) is 9.36 Å². The van der Waals surface area contributed by atoms with E-state index in [-0.39, 0.29) is 22.4 Å². The van der Waals surface area contributed by atoms with Crippen LogP contribution in [-0.2, 0) is 16.4 Å². The Hall–Kier alpha value is -2.16. The van der Waals surface area contributed by atoms with Crippen molar-refractivity contribution in [3.05, 3.63) is 57.7 Å². The molecule has 27 heavy (non-hydrogen) atoms. The highest BCUT2D eigenvalue weighted by molar-refractivity contribution is 7.89. The SMILES string of the molecule is COc1ccc(CCNS(=O)(=O)c2ccc3c(c2)sc(=O)n3C(C)C)cc1. The zero-order chi connectivity index (χ0) is 19.6. The van der Waals surface area contributed by atoms with Crippen LogP contribution in [0, 0.1) is 0 Å². The summed E-state index contributed by atoms with van der Waals surface area (Å²) in [5.74, 6) is 0.764. The number of methoxy groups -OCH3 is 1. The largest absolute Gasteiger partial charge is 0.497 e. The average molecular weight is 407 g/mol. The molecule has 6 nitrogen and oxygen atoms in total. The monoisotopic (exact) mass is 406 g/mol. The molecule has 0 fully saturated rings. The molecular weight excluding hydrogens is 384 g/mol. The van der Waals surface area contributed by atoms with E-state index in [0.29, 0.717) is 11.1 Å². The van der Waals surface area contributed by atoms with Crippen molar-refractivity contribution >= 4 is 31.6 Å². The van der Waals surface area contributed by atoms with Crippen LogP contribution in [0.15, 0.2) is 52.2 Å². The van der Waals surface area contributed by atoms with Gasteiger partial charge in [-0.25, -0.2) is 13.1 Å². The van der Waals surface area contributed by atoms with E-state index in [1.165, 1.54) is 0 Å². The van der Waals surface area contributed by atoms with Gasteiger partial charge in [-0.15, -0.1) is 0 Å². The summed E-state index contributed by atoms with van der Waals surface area (Å²) in [6.45, 7) is 4.15. The van der Waals surface area contributed by atoms with Gasteiger partial charge >= 0.3 is 4.87 Å². The van der Waals surface area contributed by atoms with E-state index >= 15 is 0 Å². The molecule has 0 aliphatic heterocycles. The van der Waals surface area contributed by atoms with Crippen molar-refractivity contribution in [2.45, 2.75) is 31.2 Å². The summed E-state index contributed by atoms with van der Waals surface area (Å²) in [6.07, 6.45) is 0.572. The Bertz CT molecular complexity index is 1100. The molecule has 0 aliphatic rings. The summed E-state index contributed by atoms with van der Waals surface area (Å²) in [7, 11) is -2.03. The fraction of sp³-hybridized carbons (Fsp3) is 0.316. The lowest BCUT2D eigenvalue weighted by Gasteiger charge is -2.09. The van der Waals surface area contributed by atoms with Crippen molar-refractivity contribution in [3.8, 4) is 5.75 Å². The molecule has 0 atom stereocenters. The number of fused-ring (bicyclic) bond motifs is 1. The maximum atomic E-state index is 12.6. The normalized spacial score (nSPS) is 12.0. The molecule has 3 aromatic rings. The highest BCUT2D eigenvalue weighted by Gasteiger charge is 2.17. The number of aromatic nitrogens is 1. The van der Waals surface area contributed by atoms with E-state index in [9.17, 15) is 13.2 Å². The first kappa shape index (κ1) is 19.6. The van der Waals surface area contributed by atoms with Gasteiger partial charge in [0, 0.05) is 12.6 Å². The standard InChI is InChI=1S/C19H22N2O4S2/c1-13(2)21-17-9-8-16(12-18(17)26-19(21)22)27(23,24)20-11-10-14-4-6-15(25-3)7-5-14/h4-9,12-13,20H,10-11H2,1-3H3. The number of nitrogens with one attached hydrogen (secondary N) is 1. The molecule has 1 N–H and O–H groups in total. The third kappa shape index (κ3) is 4.23. The molecule has 1 heterocycles. The third-order valence-corrected chi connectivity index (χ3v) is 6.65. The molecule has 8 heteroatoms. The predicted molar refractivity (Wildman–Crippen MR) is 108 cm³/mol. The molecule has 0 saturated carbocycles. The lowest BCUT2D eigenvalue weighted by Crippen LogP contribution is -2.26. The highest BCUT2D eigenvalue weighted by Crippen LogP contribution is 2.24. The van der Waals surface area contributed by atoms with Crippen molar-refractivity contribution < 1.29 is 13.2 Å². The zero-order valence-electron chi connectivity index (χ0n) is 15.4. The van der Waals surface area contributed by atoms with E-state index in [1.807, 2.05) is 38.1 Å². The molecule has 144 valence electrons. The van der Waals surface area contributed by atoms with Crippen molar-refractivity contribution in [2.75, 3.05) is 13.7 Å². The van der Waals surface area contributed by atoms with Crippen molar-refractivity contribution in [3.63, 3.8) is 0 Å². The Labute approximate surface area is 162 Å². The van der Waals surface area contributed by atoms with Gasteiger partial charge in [0.15, 0.2) is 0 Å². The van der Waals surface area contributed by atoms with Crippen molar-refractivity contribution in [1.29, 1.82) is 0 Å². The van der Waals surface area contributed by atoms with Crippen LogP contribution >= 0.6 is 11.3 Å². The van der Waals surface area contributed by atoms with Crippen LogP contribution < -0.4 is 14.3 Å². The van der Waals surface area contributed by atoms with E-state index in [4.69, 9.17) is 4.74 Å². The van der Waals surface area contributed by atoms with E-state index in [0.717, 1.165) is 28.2 Å². The summed E-state index contributed by atoms with van der Waals surface area (Å²) in [5, 5.41) is 0. The number of hydrogen-bond acceptors (Lipinski definition) is 5. The molecule has 0 bridgehead atoms. The average Bonchev–Trinajstić information content (AvgIpc) is 2.97. The van der Waals surface area contributed by atoms with Gasteiger partial charge in [-0.1, -0.05) is 23.5 Å². The van der Waals surface area contributed by atoms with Crippen LogP contribution in [0.2, 0.25) is 0 Å². The molecular formula is C19H22N2O4S2. The maximum Gasteiger partial charge on any atom is 0.308 e. The number of nitrogens with zero attached hydrogens (tertiary/aromatic N) is 1. The van der Waals surface area contributed by atoms with Crippen LogP contribution in [0.3, 0.4) is 0 Å². The fourth-order valence-electron chi connectivity index (χ4n) is 2.88. The van der Waals surface area contributed by atoms with Gasteiger partial charge in [0.1, 0.15) is 5.75 Å². The van der Waals surface area contributed by atoms with Gasteiger partial charge in [0.05, 0.1) is 22.2 Å². The van der Waals surface area contributed by atoms with Gasteiger partial charge in [-0.05, 0) is 56.2 Å². The van der Waals surface area contributed by atoms with Crippen LogP contribution in [0.4, 0.5) is 0 Å².